The fourth-order valence-corrected chi connectivity index (χ4v) is 2.60. The van der Waals surface area contributed by atoms with Crippen LogP contribution in [0.2, 0.25) is 0 Å². The molecule has 1 aliphatic rings. The van der Waals surface area contributed by atoms with Crippen LogP contribution >= 0.6 is 0 Å². The molecular weight excluding hydrogens is 228 g/mol. The zero-order valence-electron chi connectivity index (χ0n) is 10.4. The number of esters is 1. The summed E-state index contributed by atoms with van der Waals surface area (Å²) in [7, 11) is 3.19. The minimum absolute atomic E-state index is 0.314. The fraction of sp³-hybridized carbons (Fsp3) is 0.286. The standard InChI is InChI=1S/C14H14N2O2/c1-16-13(14(17)18-2)11-8-7-9-5-3-4-6-10(9)12(11)15-16/h3-6H,7-8H2,1-2H3. The summed E-state index contributed by atoms with van der Waals surface area (Å²) in [5.74, 6) is -0.314. The van der Waals surface area contributed by atoms with Gasteiger partial charge in [0, 0.05) is 18.2 Å². The van der Waals surface area contributed by atoms with Gasteiger partial charge in [-0.25, -0.2) is 4.79 Å². The van der Waals surface area contributed by atoms with Crippen molar-refractivity contribution in [1.82, 2.24) is 9.78 Å². The molecule has 0 saturated heterocycles. The maximum Gasteiger partial charge on any atom is 0.356 e. The number of carbonyl (C=O) groups is 1. The van der Waals surface area contributed by atoms with Crippen LogP contribution in [0.3, 0.4) is 0 Å². The van der Waals surface area contributed by atoms with Crippen LogP contribution in [0.15, 0.2) is 24.3 Å². The molecule has 1 aliphatic carbocycles. The average molecular weight is 242 g/mol. The highest BCUT2D eigenvalue weighted by molar-refractivity contribution is 5.92. The van der Waals surface area contributed by atoms with Crippen molar-refractivity contribution in [3.05, 3.63) is 41.1 Å². The Morgan fingerprint density at radius 1 is 1.33 bits per heavy atom. The molecule has 0 amide bonds. The molecule has 0 unspecified atom stereocenters. The topological polar surface area (TPSA) is 44.1 Å². The van der Waals surface area contributed by atoms with Gasteiger partial charge < -0.3 is 4.74 Å². The van der Waals surface area contributed by atoms with E-state index in [1.807, 2.05) is 12.1 Å². The molecule has 0 fully saturated rings. The summed E-state index contributed by atoms with van der Waals surface area (Å²) in [5, 5.41) is 4.48. The number of aromatic nitrogens is 2. The highest BCUT2D eigenvalue weighted by Crippen LogP contribution is 2.34. The lowest BCUT2D eigenvalue weighted by Gasteiger charge is -2.15. The summed E-state index contributed by atoms with van der Waals surface area (Å²) in [6.07, 6.45) is 1.78. The molecule has 0 atom stereocenters. The van der Waals surface area contributed by atoms with Crippen molar-refractivity contribution in [2.45, 2.75) is 12.8 Å². The molecule has 1 heterocycles. The minimum Gasteiger partial charge on any atom is -0.464 e. The van der Waals surface area contributed by atoms with Crippen molar-refractivity contribution in [3.63, 3.8) is 0 Å². The van der Waals surface area contributed by atoms with Crippen molar-refractivity contribution >= 4 is 5.97 Å². The van der Waals surface area contributed by atoms with Gasteiger partial charge in [-0.15, -0.1) is 0 Å². The number of carbonyl (C=O) groups excluding carboxylic acids is 1. The first-order valence-electron chi connectivity index (χ1n) is 5.95. The Labute approximate surface area is 105 Å². The van der Waals surface area contributed by atoms with E-state index < -0.39 is 0 Å². The molecular formula is C14H14N2O2. The van der Waals surface area contributed by atoms with Gasteiger partial charge in [0.2, 0.25) is 0 Å². The third-order valence-electron chi connectivity index (χ3n) is 3.44. The Morgan fingerprint density at radius 2 is 2.11 bits per heavy atom. The number of rotatable bonds is 1. The number of ether oxygens (including phenoxy) is 1. The number of benzene rings is 1. The number of nitrogens with zero attached hydrogens (tertiary/aromatic N) is 2. The first-order valence-corrected chi connectivity index (χ1v) is 5.95. The third kappa shape index (κ3) is 1.45. The van der Waals surface area contributed by atoms with Crippen LogP contribution in [0.25, 0.3) is 11.3 Å². The molecule has 0 aliphatic heterocycles. The summed E-state index contributed by atoms with van der Waals surface area (Å²) in [4.78, 5) is 11.8. The number of fused-ring (bicyclic) bond motifs is 3. The Kier molecular flexibility index (Phi) is 2.44. The molecule has 18 heavy (non-hydrogen) atoms. The lowest BCUT2D eigenvalue weighted by atomic mass is 9.89. The van der Waals surface area contributed by atoms with E-state index in [0.717, 1.165) is 29.7 Å². The van der Waals surface area contributed by atoms with E-state index in [9.17, 15) is 4.79 Å². The second-order valence-electron chi connectivity index (χ2n) is 4.45. The van der Waals surface area contributed by atoms with Crippen molar-refractivity contribution in [1.29, 1.82) is 0 Å². The molecule has 0 spiro atoms. The third-order valence-corrected chi connectivity index (χ3v) is 3.44. The van der Waals surface area contributed by atoms with Crippen molar-refractivity contribution < 1.29 is 9.53 Å². The van der Waals surface area contributed by atoms with Crippen molar-refractivity contribution in [3.8, 4) is 11.3 Å². The van der Waals surface area contributed by atoms with Crippen LogP contribution in [0, 0.1) is 0 Å². The SMILES string of the molecule is COC(=O)c1c2c(nn1C)-c1ccccc1CC2. The summed E-state index contributed by atoms with van der Waals surface area (Å²) >= 11 is 0. The van der Waals surface area contributed by atoms with Gasteiger partial charge in [0.15, 0.2) is 0 Å². The summed E-state index contributed by atoms with van der Waals surface area (Å²) in [5.41, 5.74) is 4.91. The number of hydrogen-bond acceptors (Lipinski definition) is 3. The summed E-state index contributed by atoms with van der Waals surface area (Å²) < 4.78 is 6.45. The maximum absolute atomic E-state index is 11.8. The first-order chi connectivity index (χ1) is 8.72. The van der Waals surface area contributed by atoms with Gasteiger partial charge in [-0.05, 0) is 18.4 Å². The Balaban J connectivity index is 2.22. The predicted octanol–water partition coefficient (Wildman–Crippen LogP) is 1.97. The van der Waals surface area contributed by atoms with Crippen LogP contribution in [0.4, 0.5) is 0 Å². The quantitative estimate of drug-likeness (QED) is 0.718. The lowest BCUT2D eigenvalue weighted by molar-refractivity contribution is 0.0587. The van der Waals surface area contributed by atoms with Crippen LogP contribution in [-0.2, 0) is 24.6 Å². The molecule has 3 rings (SSSR count). The normalized spacial score (nSPS) is 12.8. The number of aryl methyl sites for hydroxylation is 2. The Bertz CT molecular complexity index is 629. The smallest absolute Gasteiger partial charge is 0.356 e. The molecule has 4 heteroatoms. The molecule has 0 radical (unpaired) electrons. The van der Waals surface area contributed by atoms with Gasteiger partial charge in [-0.3, -0.25) is 4.68 Å². The zero-order chi connectivity index (χ0) is 12.7. The van der Waals surface area contributed by atoms with E-state index in [2.05, 4.69) is 17.2 Å². The molecule has 1 aromatic carbocycles. The van der Waals surface area contributed by atoms with Crippen LogP contribution in [0.5, 0.6) is 0 Å². The highest BCUT2D eigenvalue weighted by atomic mass is 16.5. The molecule has 1 aromatic heterocycles. The van der Waals surface area contributed by atoms with Crippen molar-refractivity contribution in [2.24, 2.45) is 7.05 Å². The van der Waals surface area contributed by atoms with Crippen molar-refractivity contribution in [2.75, 3.05) is 7.11 Å². The fourth-order valence-electron chi connectivity index (χ4n) is 2.60. The maximum atomic E-state index is 11.8. The van der Waals surface area contributed by atoms with E-state index in [-0.39, 0.29) is 5.97 Å². The Morgan fingerprint density at radius 3 is 2.89 bits per heavy atom. The van der Waals surface area contributed by atoms with Crippen LogP contribution in [-0.4, -0.2) is 22.9 Å². The van der Waals surface area contributed by atoms with Gasteiger partial charge in [-0.1, -0.05) is 24.3 Å². The van der Waals surface area contributed by atoms with E-state index in [1.54, 1.807) is 11.7 Å². The molecule has 2 aromatic rings. The molecule has 0 bridgehead atoms. The number of hydrogen-bond donors (Lipinski definition) is 0. The second kappa shape index (κ2) is 3.98. The average Bonchev–Trinajstić information content (AvgIpc) is 2.74. The van der Waals surface area contributed by atoms with E-state index in [4.69, 9.17) is 4.74 Å². The molecule has 0 N–H and O–H groups in total. The second-order valence-corrected chi connectivity index (χ2v) is 4.45. The zero-order valence-corrected chi connectivity index (χ0v) is 10.4. The van der Waals surface area contributed by atoms with Gasteiger partial charge in [-0.2, -0.15) is 5.10 Å². The monoisotopic (exact) mass is 242 g/mol. The first kappa shape index (κ1) is 11.0. The van der Waals surface area contributed by atoms with Gasteiger partial charge in [0.25, 0.3) is 0 Å². The van der Waals surface area contributed by atoms with E-state index in [1.165, 1.54) is 12.7 Å². The minimum atomic E-state index is -0.314. The van der Waals surface area contributed by atoms with E-state index in [0.29, 0.717) is 5.69 Å². The molecule has 92 valence electrons. The summed E-state index contributed by atoms with van der Waals surface area (Å²) in [6, 6.07) is 8.21. The van der Waals surface area contributed by atoms with Crippen LogP contribution < -0.4 is 0 Å². The summed E-state index contributed by atoms with van der Waals surface area (Å²) in [6.45, 7) is 0. The van der Waals surface area contributed by atoms with Crippen LogP contribution in [0.1, 0.15) is 21.6 Å². The van der Waals surface area contributed by atoms with Gasteiger partial charge in [0.05, 0.1) is 12.8 Å². The Hall–Kier alpha value is -2.10. The highest BCUT2D eigenvalue weighted by Gasteiger charge is 2.27. The number of methoxy groups -OCH3 is 1. The van der Waals surface area contributed by atoms with Gasteiger partial charge >= 0.3 is 5.97 Å². The molecule has 4 nitrogen and oxygen atoms in total. The molecule has 0 saturated carbocycles. The lowest BCUT2D eigenvalue weighted by Crippen LogP contribution is -2.12. The van der Waals surface area contributed by atoms with E-state index >= 15 is 0 Å². The predicted molar refractivity (Wildman–Crippen MR) is 67.4 cm³/mol. The largest absolute Gasteiger partial charge is 0.464 e. The van der Waals surface area contributed by atoms with Gasteiger partial charge in [0.1, 0.15) is 5.69 Å².